The number of carbonyl (C=O) groups is 1. The number of rotatable bonds is 4. The van der Waals surface area contributed by atoms with Gasteiger partial charge in [-0.25, -0.2) is 10.9 Å². The largest absolute Gasteiger partial charge is 0.496 e. The predicted molar refractivity (Wildman–Crippen MR) is 122 cm³/mol. The third-order valence-corrected chi connectivity index (χ3v) is 6.56. The fourth-order valence-corrected chi connectivity index (χ4v) is 4.97. The summed E-state index contributed by atoms with van der Waals surface area (Å²) in [5.41, 5.74) is 10.8. The Labute approximate surface area is 186 Å². The average Bonchev–Trinajstić information content (AvgIpc) is 3.34. The number of anilines is 1. The standard InChI is InChI=1S/C25H24ClN3O2/c1-15-7-9-16(10-8-15)22-21-23(28-27-22)25(30)29(18-13-11-17(26)12-14-18)24(21)19-5-3-4-6-20(19)31-2/h3-14,21-24,27-28H,1-2H3. The molecular weight excluding hydrogens is 410 g/mol. The van der Waals surface area contributed by atoms with Crippen LogP contribution in [0.1, 0.15) is 28.8 Å². The van der Waals surface area contributed by atoms with E-state index in [9.17, 15) is 4.79 Å². The lowest BCUT2D eigenvalue weighted by molar-refractivity contribution is -0.119. The number of ether oxygens (including phenoxy) is 1. The van der Waals surface area contributed by atoms with Crippen molar-refractivity contribution in [1.29, 1.82) is 0 Å². The molecule has 31 heavy (non-hydrogen) atoms. The normalized spacial score (nSPS) is 25.0. The topological polar surface area (TPSA) is 53.6 Å². The molecule has 2 aliphatic heterocycles. The molecule has 0 bridgehead atoms. The van der Waals surface area contributed by atoms with E-state index < -0.39 is 0 Å². The highest BCUT2D eigenvalue weighted by molar-refractivity contribution is 6.30. The van der Waals surface area contributed by atoms with Gasteiger partial charge in [0.2, 0.25) is 5.91 Å². The summed E-state index contributed by atoms with van der Waals surface area (Å²) in [7, 11) is 1.67. The second-order valence-corrected chi connectivity index (χ2v) is 8.54. The summed E-state index contributed by atoms with van der Waals surface area (Å²) < 4.78 is 5.70. The number of nitrogens with one attached hydrogen (secondary N) is 2. The number of aryl methyl sites for hydroxylation is 1. The first-order valence-corrected chi connectivity index (χ1v) is 10.8. The maximum atomic E-state index is 13.6. The Balaban J connectivity index is 1.65. The van der Waals surface area contributed by atoms with Crippen molar-refractivity contribution in [3.63, 3.8) is 0 Å². The van der Waals surface area contributed by atoms with Crippen molar-refractivity contribution in [1.82, 2.24) is 10.9 Å². The van der Waals surface area contributed by atoms with Crippen molar-refractivity contribution < 1.29 is 9.53 Å². The Morgan fingerprint density at radius 1 is 0.903 bits per heavy atom. The van der Waals surface area contributed by atoms with Crippen LogP contribution in [0.25, 0.3) is 0 Å². The third-order valence-electron chi connectivity index (χ3n) is 6.31. The Hall–Kier alpha value is -2.86. The second kappa shape index (κ2) is 8.00. The Morgan fingerprint density at radius 3 is 2.29 bits per heavy atom. The lowest BCUT2D eigenvalue weighted by Gasteiger charge is -2.32. The molecule has 5 rings (SSSR count). The molecule has 3 aromatic rings. The predicted octanol–water partition coefficient (Wildman–Crippen LogP) is 4.58. The molecule has 0 aliphatic carbocycles. The van der Waals surface area contributed by atoms with Crippen molar-refractivity contribution in [3.05, 3.63) is 94.5 Å². The summed E-state index contributed by atoms with van der Waals surface area (Å²) in [6, 6.07) is 23.3. The van der Waals surface area contributed by atoms with Crippen LogP contribution < -0.4 is 20.5 Å². The highest BCUT2D eigenvalue weighted by Crippen LogP contribution is 2.50. The number of nitrogens with zero attached hydrogens (tertiary/aromatic N) is 1. The van der Waals surface area contributed by atoms with Gasteiger partial charge in [-0.05, 0) is 42.8 Å². The van der Waals surface area contributed by atoms with Gasteiger partial charge in [0.15, 0.2) is 0 Å². The summed E-state index contributed by atoms with van der Waals surface area (Å²) in [6.45, 7) is 2.08. The van der Waals surface area contributed by atoms with Crippen LogP contribution in [0, 0.1) is 12.8 Å². The highest BCUT2D eigenvalue weighted by atomic mass is 35.5. The summed E-state index contributed by atoms with van der Waals surface area (Å²) in [4.78, 5) is 15.5. The van der Waals surface area contributed by atoms with E-state index in [1.54, 1.807) is 7.11 Å². The van der Waals surface area contributed by atoms with Gasteiger partial charge in [0.05, 0.1) is 19.2 Å². The van der Waals surface area contributed by atoms with Gasteiger partial charge < -0.3 is 9.64 Å². The van der Waals surface area contributed by atoms with E-state index in [0.29, 0.717) is 5.02 Å². The van der Waals surface area contributed by atoms with Gasteiger partial charge >= 0.3 is 0 Å². The van der Waals surface area contributed by atoms with E-state index in [2.05, 4.69) is 42.0 Å². The van der Waals surface area contributed by atoms with E-state index in [1.807, 2.05) is 53.4 Å². The molecule has 1 amide bonds. The molecule has 2 saturated heterocycles. The molecular formula is C25H24ClN3O2. The quantitative estimate of drug-likeness (QED) is 0.632. The summed E-state index contributed by atoms with van der Waals surface area (Å²) >= 11 is 6.12. The second-order valence-electron chi connectivity index (χ2n) is 8.10. The summed E-state index contributed by atoms with van der Waals surface area (Å²) in [5, 5.41) is 0.641. The number of halogens is 1. The van der Waals surface area contributed by atoms with Crippen molar-refractivity contribution in [3.8, 4) is 5.75 Å². The lowest BCUT2D eigenvalue weighted by Crippen LogP contribution is -2.41. The molecule has 0 spiro atoms. The van der Waals surface area contributed by atoms with Crippen molar-refractivity contribution in [2.24, 2.45) is 5.92 Å². The van der Waals surface area contributed by atoms with Crippen LogP contribution in [0.3, 0.4) is 0 Å². The van der Waals surface area contributed by atoms with Crippen LogP contribution in [-0.2, 0) is 4.79 Å². The number of hydrogen-bond donors (Lipinski definition) is 2. The SMILES string of the molecule is COc1ccccc1C1C2C(NNC2c2ccc(C)cc2)C(=O)N1c1ccc(Cl)cc1. The van der Waals surface area contributed by atoms with Crippen LogP contribution in [0.2, 0.25) is 5.02 Å². The fourth-order valence-electron chi connectivity index (χ4n) is 4.84. The molecule has 2 aliphatic rings. The Morgan fingerprint density at radius 2 is 1.58 bits per heavy atom. The maximum absolute atomic E-state index is 13.6. The molecule has 2 N–H and O–H groups in total. The number of fused-ring (bicyclic) bond motifs is 1. The molecule has 0 aromatic heterocycles. The van der Waals surface area contributed by atoms with Gasteiger partial charge in [-0.15, -0.1) is 0 Å². The number of para-hydroxylation sites is 1. The Bertz CT molecular complexity index is 1100. The summed E-state index contributed by atoms with van der Waals surface area (Å²) in [5.74, 6) is 0.780. The van der Waals surface area contributed by atoms with Crippen molar-refractivity contribution in [2.75, 3.05) is 12.0 Å². The zero-order chi connectivity index (χ0) is 21.5. The molecule has 0 radical (unpaired) electrons. The summed E-state index contributed by atoms with van der Waals surface area (Å²) in [6.07, 6.45) is 0. The van der Waals surface area contributed by atoms with Crippen LogP contribution in [-0.4, -0.2) is 19.1 Å². The minimum atomic E-state index is -0.350. The molecule has 0 saturated carbocycles. The maximum Gasteiger partial charge on any atom is 0.246 e. The van der Waals surface area contributed by atoms with Gasteiger partial charge in [-0.1, -0.05) is 59.6 Å². The minimum Gasteiger partial charge on any atom is -0.496 e. The van der Waals surface area contributed by atoms with Crippen LogP contribution in [0.4, 0.5) is 5.69 Å². The van der Waals surface area contributed by atoms with E-state index in [1.165, 1.54) is 5.56 Å². The number of hydrazine groups is 1. The van der Waals surface area contributed by atoms with Crippen LogP contribution >= 0.6 is 11.6 Å². The van der Waals surface area contributed by atoms with Gasteiger partial charge in [0, 0.05) is 22.2 Å². The smallest absolute Gasteiger partial charge is 0.246 e. The number of carbonyl (C=O) groups excluding carboxylic acids is 1. The molecule has 5 nitrogen and oxygen atoms in total. The van der Waals surface area contributed by atoms with Gasteiger partial charge in [-0.2, -0.15) is 0 Å². The molecule has 158 valence electrons. The van der Waals surface area contributed by atoms with Crippen molar-refractivity contribution >= 4 is 23.2 Å². The van der Waals surface area contributed by atoms with E-state index in [-0.39, 0.29) is 30.0 Å². The molecule has 3 aromatic carbocycles. The van der Waals surface area contributed by atoms with Gasteiger partial charge in [0.1, 0.15) is 11.8 Å². The van der Waals surface area contributed by atoms with E-state index in [4.69, 9.17) is 16.3 Å². The lowest BCUT2D eigenvalue weighted by atomic mass is 9.83. The van der Waals surface area contributed by atoms with E-state index in [0.717, 1.165) is 22.6 Å². The average molecular weight is 434 g/mol. The highest BCUT2D eigenvalue weighted by Gasteiger charge is 2.56. The fraction of sp³-hybridized carbons (Fsp3) is 0.240. The molecule has 6 heteroatoms. The van der Waals surface area contributed by atoms with Crippen LogP contribution in [0.5, 0.6) is 5.75 Å². The number of hydrogen-bond acceptors (Lipinski definition) is 4. The number of amides is 1. The minimum absolute atomic E-state index is 0.0258. The van der Waals surface area contributed by atoms with Gasteiger partial charge in [-0.3, -0.25) is 4.79 Å². The van der Waals surface area contributed by atoms with Crippen molar-refractivity contribution in [2.45, 2.75) is 25.0 Å². The first kappa shape index (κ1) is 20.1. The third kappa shape index (κ3) is 3.39. The Kier molecular flexibility index (Phi) is 5.18. The van der Waals surface area contributed by atoms with Crippen LogP contribution in [0.15, 0.2) is 72.8 Å². The molecule has 4 atom stereocenters. The van der Waals surface area contributed by atoms with Gasteiger partial charge in [0.25, 0.3) is 0 Å². The van der Waals surface area contributed by atoms with E-state index >= 15 is 0 Å². The molecule has 2 heterocycles. The monoisotopic (exact) mass is 433 g/mol. The first-order chi connectivity index (χ1) is 15.1. The zero-order valence-corrected chi connectivity index (χ0v) is 18.1. The zero-order valence-electron chi connectivity index (χ0n) is 17.4. The number of benzene rings is 3. The molecule has 2 fully saturated rings. The number of methoxy groups -OCH3 is 1. The molecule has 4 unspecified atom stereocenters. The first-order valence-electron chi connectivity index (χ1n) is 10.4.